The summed E-state index contributed by atoms with van der Waals surface area (Å²) in [5.41, 5.74) is 8.60. The van der Waals surface area contributed by atoms with Crippen molar-refractivity contribution in [3.8, 4) is 11.6 Å². The molecule has 2 aromatic rings. The lowest BCUT2D eigenvalue weighted by molar-refractivity contribution is 0.233. The minimum atomic E-state index is 0.0825. The summed E-state index contributed by atoms with van der Waals surface area (Å²) in [7, 11) is 0. The van der Waals surface area contributed by atoms with Gasteiger partial charge in [0.25, 0.3) is 0 Å². The van der Waals surface area contributed by atoms with E-state index in [-0.39, 0.29) is 6.10 Å². The molecule has 21 heavy (non-hydrogen) atoms. The fourth-order valence-corrected chi connectivity index (χ4v) is 2.03. The van der Waals surface area contributed by atoms with E-state index in [1.807, 2.05) is 57.2 Å². The summed E-state index contributed by atoms with van der Waals surface area (Å²) in [5, 5.41) is 0. The summed E-state index contributed by atoms with van der Waals surface area (Å²) < 4.78 is 11.7. The van der Waals surface area contributed by atoms with Crippen molar-refractivity contribution >= 4 is 0 Å². The molecule has 0 aliphatic heterocycles. The number of aromatic nitrogens is 1. The lowest BCUT2D eigenvalue weighted by Gasteiger charge is -2.17. The molecule has 0 spiro atoms. The van der Waals surface area contributed by atoms with Crippen LogP contribution in [-0.2, 0) is 13.2 Å². The molecule has 1 aromatic carbocycles. The quantitative estimate of drug-likeness (QED) is 0.886. The maximum atomic E-state index is 5.85. The molecule has 0 fully saturated rings. The van der Waals surface area contributed by atoms with Crippen LogP contribution in [0.1, 0.15) is 30.7 Å². The fourth-order valence-electron chi connectivity index (χ4n) is 2.03. The topological polar surface area (TPSA) is 57.4 Å². The van der Waals surface area contributed by atoms with E-state index in [1.54, 1.807) is 0 Å². The fraction of sp³-hybridized carbons (Fsp3) is 0.353. The van der Waals surface area contributed by atoms with Gasteiger partial charge >= 0.3 is 0 Å². The Hall–Kier alpha value is -2.07. The molecule has 0 aliphatic carbocycles. The van der Waals surface area contributed by atoms with Crippen molar-refractivity contribution in [2.75, 3.05) is 0 Å². The number of pyridine rings is 1. The van der Waals surface area contributed by atoms with Crippen LogP contribution in [0.25, 0.3) is 0 Å². The van der Waals surface area contributed by atoms with Crippen molar-refractivity contribution < 1.29 is 9.47 Å². The van der Waals surface area contributed by atoms with Gasteiger partial charge in [-0.15, -0.1) is 0 Å². The van der Waals surface area contributed by atoms with Crippen LogP contribution in [-0.4, -0.2) is 11.1 Å². The standard InChI is InChI=1S/C17H22N2O2/c1-12(2)21-16-9-13(3)19-17(15(16)10-18)20-11-14-7-5-4-6-8-14/h4-9,12H,10-11,18H2,1-3H3. The zero-order valence-electron chi connectivity index (χ0n) is 12.8. The maximum absolute atomic E-state index is 5.85. The molecule has 0 saturated carbocycles. The summed E-state index contributed by atoms with van der Waals surface area (Å²) in [6.45, 7) is 6.69. The Kier molecular flexibility index (Phi) is 5.17. The third kappa shape index (κ3) is 4.20. The van der Waals surface area contributed by atoms with Crippen LogP contribution in [0.2, 0.25) is 0 Å². The van der Waals surface area contributed by atoms with Crippen molar-refractivity contribution in [2.24, 2.45) is 5.73 Å². The number of rotatable bonds is 6. The Morgan fingerprint density at radius 2 is 1.90 bits per heavy atom. The van der Waals surface area contributed by atoms with Gasteiger partial charge in [-0.1, -0.05) is 30.3 Å². The Labute approximate surface area is 125 Å². The van der Waals surface area contributed by atoms with Gasteiger partial charge in [-0.05, 0) is 26.3 Å². The van der Waals surface area contributed by atoms with Gasteiger partial charge in [0.1, 0.15) is 12.4 Å². The van der Waals surface area contributed by atoms with E-state index in [0.717, 1.165) is 22.6 Å². The highest BCUT2D eigenvalue weighted by Gasteiger charge is 2.14. The second kappa shape index (κ2) is 7.09. The van der Waals surface area contributed by atoms with E-state index in [1.165, 1.54) is 0 Å². The number of aryl methyl sites for hydroxylation is 1. The Bertz CT molecular complexity index is 583. The average Bonchev–Trinajstić information content (AvgIpc) is 2.45. The maximum Gasteiger partial charge on any atom is 0.222 e. The van der Waals surface area contributed by atoms with E-state index in [0.29, 0.717) is 19.0 Å². The van der Waals surface area contributed by atoms with Crippen molar-refractivity contribution in [3.63, 3.8) is 0 Å². The van der Waals surface area contributed by atoms with Gasteiger partial charge in [-0.2, -0.15) is 0 Å². The highest BCUT2D eigenvalue weighted by atomic mass is 16.5. The summed E-state index contributed by atoms with van der Waals surface area (Å²) in [6.07, 6.45) is 0.0825. The van der Waals surface area contributed by atoms with E-state index in [9.17, 15) is 0 Å². The van der Waals surface area contributed by atoms with Crippen LogP contribution < -0.4 is 15.2 Å². The Balaban J connectivity index is 2.23. The molecule has 112 valence electrons. The van der Waals surface area contributed by atoms with Crippen LogP contribution in [0.3, 0.4) is 0 Å². The molecule has 2 N–H and O–H groups in total. The van der Waals surface area contributed by atoms with E-state index >= 15 is 0 Å². The molecule has 0 aliphatic rings. The molecule has 0 atom stereocenters. The van der Waals surface area contributed by atoms with E-state index in [4.69, 9.17) is 15.2 Å². The SMILES string of the molecule is Cc1cc(OC(C)C)c(CN)c(OCc2ccccc2)n1. The van der Waals surface area contributed by atoms with Crippen LogP contribution in [0.5, 0.6) is 11.6 Å². The van der Waals surface area contributed by atoms with Gasteiger partial charge in [0.15, 0.2) is 0 Å². The van der Waals surface area contributed by atoms with Gasteiger partial charge in [-0.3, -0.25) is 0 Å². The normalized spacial score (nSPS) is 10.7. The summed E-state index contributed by atoms with van der Waals surface area (Å²) in [4.78, 5) is 4.44. The minimum absolute atomic E-state index is 0.0825. The van der Waals surface area contributed by atoms with Gasteiger partial charge in [0.2, 0.25) is 5.88 Å². The van der Waals surface area contributed by atoms with Crippen molar-refractivity contribution in [1.29, 1.82) is 0 Å². The highest BCUT2D eigenvalue weighted by Crippen LogP contribution is 2.29. The van der Waals surface area contributed by atoms with Gasteiger partial charge in [0, 0.05) is 18.3 Å². The highest BCUT2D eigenvalue weighted by molar-refractivity contribution is 5.42. The molecule has 0 unspecified atom stereocenters. The second-order valence-electron chi connectivity index (χ2n) is 5.19. The van der Waals surface area contributed by atoms with Crippen molar-refractivity contribution in [1.82, 2.24) is 4.98 Å². The van der Waals surface area contributed by atoms with Gasteiger partial charge in [0.05, 0.1) is 11.7 Å². The monoisotopic (exact) mass is 286 g/mol. The molecule has 0 bridgehead atoms. The largest absolute Gasteiger partial charge is 0.490 e. The molecule has 0 radical (unpaired) electrons. The summed E-state index contributed by atoms with van der Waals surface area (Å²) in [5.74, 6) is 1.31. The molecule has 4 nitrogen and oxygen atoms in total. The minimum Gasteiger partial charge on any atom is -0.490 e. The zero-order valence-corrected chi connectivity index (χ0v) is 12.8. The molecule has 0 amide bonds. The molecule has 1 heterocycles. The number of benzene rings is 1. The number of nitrogens with two attached hydrogens (primary N) is 1. The van der Waals surface area contributed by atoms with Gasteiger partial charge in [-0.25, -0.2) is 4.98 Å². The Morgan fingerprint density at radius 1 is 1.19 bits per heavy atom. The molecule has 2 rings (SSSR count). The first-order valence-corrected chi connectivity index (χ1v) is 7.14. The molecule has 1 aromatic heterocycles. The molecular formula is C17H22N2O2. The number of nitrogens with zero attached hydrogens (tertiary/aromatic N) is 1. The van der Waals surface area contributed by atoms with Gasteiger partial charge < -0.3 is 15.2 Å². The van der Waals surface area contributed by atoms with Crippen LogP contribution in [0, 0.1) is 6.92 Å². The summed E-state index contributed by atoms with van der Waals surface area (Å²) >= 11 is 0. The smallest absolute Gasteiger partial charge is 0.222 e. The van der Waals surface area contributed by atoms with Crippen LogP contribution >= 0.6 is 0 Å². The Morgan fingerprint density at radius 3 is 2.52 bits per heavy atom. The molecular weight excluding hydrogens is 264 g/mol. The number of hydrogen-bond donors (Lipinski definition) is 1. The number of hydrogen-bond acceptors (Lipinski definition) is 4. The zero-order chi connectivity index (χ0) is 15.2. The molecule has 4 heteroatoms. The van der Waals surface area contributed by atoms with Crippen molar-refractivity contribution in [2.45, 2.75) is 40.0 Å². The lowest BCUT2D eigenvalue weighted by Crippen LogP contribution is -2.12. The first-order chi connectivity index (χ1) is 10.1. The van der Waals surface area contributed by atoms with Crippen LogP contribution in [0.4, 0.5) is 0 Å². The predicted octanol–water partition coefficient (Wildman–Crippen LogP) is 3.21. The summed E-state index contributed by atoms with van der Waals surface area (Å²) in [6, 6.07) is 11.9. The third-order valence-electron chi connectivity index (χ3n) is 2.96. The first-order valence-electron chi connectivity index (χ1n) is 7.14. The average molecular weight is 286 g/mol. The van der Waals surface area contributed by atoms with Crippen molar-refractivity contribution in [3.05, 3.63) is 53.2 Å². The lowest BCUT2D eigenvalue weighted by atomic mass is 10.2. The predicted molar refractivity (Wildman–Crippen MR) is 83.4 cm³/mol. The van der Waals surface area contributed by atoms with E-state index in [2.05, 4.69) is 4.98 Å². The van der Waals surface area contributed by atoms with Crippen LogP contribution in [0.15, 0.2) is 36.4 Å². The third-order valence-corrected chi connectivity index (χ3v) is 2.96. The molecule has 0 saturated heterocycles. The second-order valence-corrected chi connectivity index (χ2v) is 5.19. The van der Waals surface area contributed by atoms with E-state index < -0.39 is 0 Å². The number of ether oxygens (including phenoxy) is 2. The first kappa shape index (κ1) is 15.3.